The summed E-state index contributed by atoms with van der Waals surface area (Å²) in [5.41, 5.74) is -0.558. The second-order valence-corrected chi connectivity index (χ2v) is 3.73. The predicted molar refractivity (Wildman–Crippen MR) is 44.9 cm³/mol. The molecule has 0 N–H and O–H groups in total. The van der Waals surface area contributed by atoms with Crippen LogP contribution in [0.1, 0.15) is 27.2 Å². The maximum atomic E-state index is 11.2. The third kappa shape index (κ3) is 1.99. The number of carbonyl (C=O) groups excluding carboxylic acids is 2. The van der Waals surface area contributed by atoms with E-state index in [2.05, 4.69) is 0 Å². The quantitative estimate of drug-likeness (QED) is 0.601. The summed E-state index contributed by atoms with van der Waals surface area (Å²) in [5, 5.41) is 0. The maximum absolute atomic E-state index is 11.2. The summed E-state index contributed by atoms with van der Waals surface area (Å²) in [5.74, 6) is -0.771. The molecule has 0 spiro atoms. The molecule has 0 aromatic carbocycles. The molecule has 0 aliphatic carbocycles. The van der Waals surface area contributed by atoms with Crippen molar-refractivity contribution >= 4 is 11.9 Å². The Morgan fingerprint density at radius 3 is 2.69 bits per heavy atom. The van der Waals surface area contributed by atoms with E-state index in [0.717, 1.165) is 0 Å². The third-order valence-corrected chi connectivity index (χ3v) is 2.05. The Kier molecular flexibility index (Phi) is 2.59. The first-order chi connectivity index (χ1) is 5.97. The van der Waals surface area contributed by atoms with E-state index < -0.39 is 17.5 Å². The van der Waals surface area contributed by atoms with Crippen molar-refractivity contribution in [3.8, 4) is 0 Å². The molecule has 1 unspecified atom stereocenters. The molecule has 4 heteroatoms. The zero-order valence-corrected chi connectivity index (χ0v) is 8.12. The molecule has 1 atom stereocenters. The van der Waals surface area contributed by atoms with E-state index in [-0.39, 0.29) is 5.97 Å². The summed E-state index contributed by atoms with van der Waals surface area (Å²) in [7, 11) is 0. The van der Waals surface area contributed by atoms with Crippen LogP contribution in [0.5, 0.6) is 0 Å². The van der Waals surface area contributed by atoms with Crippen molar-refractivity contribution in [3.63, 3.8) is 0 Å². The monoisotopic (exact) mass is 186 g/mol. The minimum absolute atomic E-state index is 0.313. The van der Waals surface area contributed by atoms with Gasteiger partial charge in [-0.05, 0) is 20.8 Å². The van der Waals surface area contributed by atoms with Crippen LogP contribution in [0.4, 0.5) is 0 Å². The Morgan fingerprint density at radius 2 is 2.31 bits per heavy atom. The summed E-state index contributed by atoms with van der Waals surface area (Å²) in [6.07, 6.45) is -0.299. The molecular weight excluding hydrogens is 172 g/mol. The van der Waals surface area contributed by atoms with Gasteiger partial charge in [0.25, 0.3) is 0 Å². The van der Waals surface area contributed by atoms with Crippen molar-refractivity contribution in [2.75, 3.05) is 6.61 Å². The summed E-state index contributed by atoms with van der Waals surface area (Å²) in [6.45, 7) is 5.55. The fourth-order valence-corrected chi connectivity index (χ4v) is 1.24. The SMILES string of the molecule is CCOC(=O)C1CC(C)(C)C(=O)O1. The summed E-state index contributed by atoms with van der Waals surface area (Å²) < 4.78 is 9.63. The number of ether oxygens (including phenoxy) is 2. The van der Waals surface area contributed by atoms with Crippen LogP contribution in [0.3, 0.4) is 0 Å². The molecule has 0 aromatic heterocycles. The fourth-order valence-electron chi connectivity index (χ4n) is 1.24. The molecule has 1 rings (SSSR count). The number of hydrogen-bond acceptors (Lipinski definition) is 4. The molecule has 0 radical (unpaired) electrons. The molecule has 1 heterocycles. The number of rotatable bonds is 2. The maximum Gasteiger partial charge on any atom is 0.347 e. The second-order valence-electron chi connectivity index (χ2n) is 3.73. The van der Waals surface area contributed by atoms with Crippen LogP contribution in [0.15, 0.2) is 0 Å². The average molecular weight is 186 g/mol. The normalized spacial score (nSPS) is 25.5. The third-order valence-electron chi connectivity index (χ3n) is 2.05. The van der Waals surface area contributed by atoms with Crippen LogP contribution in [0.2, 0.25) is 0 Å². The van der Waals surface area contributed by atoms with E-state index in [1.807, 2.05) is 0 Å². The molecule has 13 heavy (non-hydrogen) atoms. The van der Waals surface area contributed by atoms with Gasteiger partial charge in [-0.3, -0.25) is 4.79 Å². The van der Waals surface area contributed by atoms with Gasteiger partial charge in [-0.1, -0.05) is 0 Å². The van der Waals surface area contributed by atoms with E-state index in [1.165, 1.54) is 0 Å². The zero-order chi connectivity index (χ0) is 10.1. The van der Waals surface area contributed by atoms with E-state index in [0.29, 0.717) is 13.0 Å². The Morgan fingerprint density at radius 1 is 1.69 bits per heavy atom. The minimum Gasteiger partial charge on any atom is -0.463 e. The standard InChI is InChI=1S/C9H14O4/c1-4-12-7(10)6-5-9(2,3)8(11)13-6/h6H,4-5H2,1-3H3. The average Bonchev–Trinajstić information content (AvgIpc) is 2.27. The Hall–Kier alpha value is -1.06. The summed E-state index contributed by atoms with van der Waals surface area (Å²) >= 11 is 0. The van der Waals surface area contributed by atoms with Crippen molar-refractivity contribution in [1.82, 2.24) is 0 Å². The van der Waals surface area contributed by atoms with Gasteiger partial charge < -0.3 is 9.47 Å². The van der Waals surface area contributed by atoms with Gasteiger partial charge in [0.2, 0.25) is 0 Å². The Labute approximate surface area is 77.2 Å². The van der Waals surface area contributed by atoms with Crippen LogP contribution in [-0.2, 0) is 19.1 Å². The molecule has 74 valence electrons. The van der Waals surface area contributed by atoms with Gasteiger partial charge >= 0.3 is 11.9 Å². The second kappa shape index (κ2) is 3.36. The van der Waals surface area contributed by atoms with Gasteiger partial charge in [0, 0.05) is 6.42 Å². The van der Waals surface area contributed by atoms with Crippen molar-refractivity contribution in [3.05, 3.63) is 0 Å². The molecule has 1 saturated heterocycles. The van der Waals surface area contributed by atoms with Crippen molar-refractivity contribution in [2.24, 2.45) is 5.41 Å². The van der Waals surface area contributed by atoms with Gasteiger partial charge in [-0.15, -0.1) is 0 Å². The molecule has 0 amide bonds. The van der Waals surface area contributed by atoms with Gasteiger partial charge in [-0.2, -0.15) is 0 Å². The largest absolute Gasteiger partial charge is 0.463 e. The number of cyclic esters (lactones) is 1. The van der Waals surface area contributed by atoms with Gasteiger partial charge in [0.1, 0.15) is 0 Å². The predicted octanol–water partition coefficient (Wildman–Crippen LogP) is 0.891. The lowest BCUT2D eigenvalue weighted by molar-refractivity contribution is -0.162. The van der Waals surface area contributed by atoms with Gasteiger partial charge in [0.15, 0.2) is 6.10 Å². The highest BCUT2D eigenvalue weighted by Gasteiger charge is 2.45. The summed E-state index contributed by atoms with van der Waals surface area (Å²) in [4.78, 5) is 22.4. The Balaban J connectivity index is 2.58. The van der Waals surface area contributed by atoms with E-state index in [1.54, 1.807) is 20.8 Å². The molecule has 0 saturated carbocycles. The van der Waals surface area contributed by atoms with E-state index in [9.17, 15) is 9.59 Å². The van der Waals surface area contributed by atoms with Gasteiger partial charge in [0.05, 0.1) is 12.0 Å². The smallest absolute Gasteiger partial charge is 0.347 e. The first kappa shape index (κ1) is 10.0. The van der Waals surface area contributed by atoms with Crippen LogP contribution >= 0.6 is 0 Å². The topological polar surface area (TPSA) is 52.6 Å². The lowest BCUT2D eigenvalue weighted by Crippen LogP contribution is -2.23. The van der Waals surface area contributed by atoms with E-state index in [4.69, 9.17) is 9.47 Å². The van der Waals surface area contributed by atoms with Crippen molar-refractivity contribution in [1.29, 1.82) is 0 Å². The molecule has 1 aliphatic heterocycles. The molecule has 0 aromatic rings. The van der Waals surface area contributed by atoms with Crippen LogP contribution in [0, 0.1) is 5.41 Å². The van der Waals surface area contributed by atoms with Crippen molar-refractivity contribution in [2.45, 2.75) is 33.3 Å². The molecular formula is C9H14O4. The molecule has 0 bridgehead atoms. The van der Waals surface area contributed by atoms with Crippen LogP contribution < -0.4 is 0 Å². The first-order valence-electron chi connectivity index (χ1n) is 4.35. The first-order valence-corrected chi connectivity index (χ1v) is 4.35. The molecule has 1 aliphatic rings. The Bertz CT molecular complexity index is 232. The summed E-state index contributed by atoms with van der Waals surface area (Å²) in [6, 6.07) is 0. The molecule has 1 fully saturated rings. The highest BCUT2D eigenvalue weighted by atomic mass is 16.6. The van der Waals surface area contributed by atoms with Gasteiger partial charge in [-0.25, -0.2) is 4.79 Å². The van der Waals surface area contributed by atoms with Crippen molar-refractivity contribution < 1.29 is 19.1 Å². The van der Waals surface area contributed by atoms with E-state index >= 15 is 0 Å². The highest BCUT2D eigenvalue weighted by molar-refractivity contribution is 5.86. The van der Waals surface area contributed by atoms with Crippen LogP contribution in [-0.4, -0.2) is 24.6 Å². The highest BCUT2D eigenvalue weighted by Crippen LogP contribution is 2.33. The molecule has 4 nitrogen and oxygen atoms in total. The zero-order valence-electron chi connectivity index (χ0n) is 8.12. The minimum atomic E-state index is -0.706. The lowest BCUT2D eigenvalue weighted by Gasteiger charge is -2.09. The number of hydrogen-bond donors (Lipinski definition) is 0. The van der Waals surface area contributed by atoms with Crippen LogP contribution in [0.25, 0.3) is 0 Å². The fraction of sp³-hybridized carbons (Fsp3) is 0.778. The number of esters is 2. The lowest BCUT2D eigenvalue weighted by atomic mass is 9.90. The number of carbonyl (C=O) groups is 2.